The first-order chi connectivity index (χ1) is 8.79. The molecule has 0 saturated carbocycles. The predicted octanol–water partition coefficient (Wildman–Crippen LogP) is 3.05. The fourth-order valence-electron chi connectivity index (χ4n) is 2.00. The smallest absolute Gasteiger partial charge is 0.0502 e. The zero-order chi connectivity index (χ0) is 12.8. The zero-order valence-corrected chi connectivity index (χ0v) is 10.7. The van der Waals surface area contributed by atoms with Crippen molar-refractivity contribution in [1.29, 1.82) is 0 Å². The lowest BCUT2D eigenvalue weighted by Crippen LogP contribution is -2.00. The van der Waals surface area contributed by atoms with Gasteiger partial charge in [-0.05, 0) is 35.6 Å². The second-order valence-electron chi connectivity index (χ2n) is 4.44. The van der Waals surface area contributed by atoms with E-state index >= 15 is 0 Å². The standard InChI is InChI=1S/C16H19NO/c1-18-10-9-14-7-8-15(16(17)12-14)11-13-5-3-2-4-6-13/h2-8,12H,9-11,17H2,1H3. The molecule has 0 fully saturated rings. The zero-order valence-electron chi connectivity index (χ0n) is 10.7. The fraction of sp³-hybridized carbons (Fsp3) is 0.250. The van der Waals surface area contributed by atoms with Gasteiger partial charge in [-0.3, -0.25) is 0 Å². The van der Waals surface area contributed by atoms with Gasteiger partial charge in [-0.1, -0.05) is 42.5 Å². The Morgan fingerprint density at radius 1 is 1.00 bits per heavy atom. The number of anilines is 1. The maximum Gasteiger partial charge on any atom is 0.0502 e. The van der Waals surface area contributed by atoms with Crippen molar-refractivity contribution in [2.75, 3.05) is 19.5 Å². The van der Waals surface area contributed by atoms with Gasteiger partial charge in [0.1, 0.15) is 0 Å². The molecule has 2 N–H and O–H groups in total. The summed E-state index contributed by atoms with van der Waals surface area (Å²) in [7, 11) is 1.72. The van der Waals surface area contributed by atoms with Gasteiger partial charge in [0.05, 0.1) is 6.61 Å². The molecule has 18 heavy (non-hydrogen) atoms. The second-order valence-corrected chi connectivity index (χ2v) is 4.44. The highest BCUT2D eigenvalue weighted by Crippen LogP contribution is 2.18. The van der Waals surface area contributed by atoms with E-state index < -0.39 is 0 Å². The van der Waals surface area contributed by atoms with Crippen molar-refractivity contribution in [2.24, 2.45) is 0 Å². The number of benzene rings is 2. The Labute approximate surface area is 108 Å². The summed E-state index contributed by atoms with van der Waals surface area (Å²) in [4.78, 5) is 0. The summed E-state index contributed by atoms with van der Waals surface area (Å²) < 4.78 is 5.07. The first-order valence-electron chi connectivity index (χ1n) is 6.19. The summed E-state index contributed by atoms with van der Waals surface area (Å²) in [6.45, 7) is 0.734. The number of methoxy groups -OCH3 is 1. The molecule has 0 atom stereocenters. The molecule has 0 aromatic heterocycles. The molecule has 0 amide bonds. The molecular formula is C16H19NO. The Morgan fingerprint density at radius 2 is 1.78 bits per heavy atom. The quantitative estimate of drug-likeness (QED) is 0.817. The first kappa shape index (κ1) is 12.7. The predicted molar refractivity (Wildman–Crippen MR) is 75.7 cm³/mol. The minimum atomic E-state index is 0.734. The van der Waals surface area contributed by atoms with E-state index in [4.69, 9.17) is 10.5 Å². The van der Waals surface area contributed by atoms with Crippen LogP contribution in [0.2, 0.25) is 0 Å². The molecule has 0 radical (unpaired) electrons. The lowest BCUT2D eigenvalue weighted by molar-refractivity contribution is 0.202. The van der Waals surface area contributed by atoms with Crippen LogP contribution in [0.3, 0.4) is 0 Å². The van der Waals surface area contributed by atoms with Gasteiger partial charge in [-0.15, -0.1) is 0 Å². The highest BCUT2D eigenvalue weighted by atomic mass is 16.5. The van der Waals surface area contributed by atoms with E-state index in [1.165, 1.54) is 16.7 Å². The summed E-state index contributed by atoms with van der Waals surface area (Å²) in [5.41, 5.74) is 10.7. The van der Waals surface area contributed by atoms with Gasteiger partial charge in [-0.25, -0.2) is 0 Å². The molecule has 2 rings (SSSR count). The number of nitrogens with two attached hydrogens (primary N) is 1. The topological polar surface area (TPSA) is 35.2 Å². The minimum Gasteiger partial charge on any atom is -0.398 e. The molecule has 2 nitrogen and oxygen atoms in total. The van der Waals surface area contributed by atoms with Gasteiger partial charge in [0.15, 0.2) is 0 Å². The van der Waals surface area contributed by atoms with Crippen molar-refractivity contribution in [2.45, 2.75) is 12.8 Å². The van der Waals surface area contributed by atoms with Crippen LogP contribution in [0.5, 0.6) is 0 Å². The third kappa shape index (κ3) is 3.34. The molecule has 0 heterocycles. The SMILES string of the molecule is COCCc1ccc(Cc2ccccc2)c(N)c1. The largest absolute Gasteiger partial charge is 0.398 e. The fourth-order valence-corrected chi connectivity index (χ4v) is 2.00. The van der Waals surface area contributed by atoms with Gasteiger partial charge >= 0.3 is 0 Å². The van der Waals surface area contributed by atoms with E-state index in [0.29, 0.717) is 0 Å². The maximum absolute atomic E-state index is 6.10. The molecule has 0 aliphatic carbocycles. The lowest BCUT2D eigenvalue weighted by atomic mass is 10.0. The molecule has 0 saturated heterocycles. The summed E-state index contributed by atoms with van der Waals surface area (Å²) >= 11 is 0. The number of ether oxygens (including phenoxy) is 1. The van der Waals surface area contributed by atoms with Crippen LogP contribution in [0.4, 0.5) is 5.69 Å². The first-order valence-corrected chi connectivity index (χ1v) is 6.19. The van der Waals surface area contributed by atoms with Gasteiger partial charge in [0.2, 0.25) is 0 Å². The lowest BCUT2D eigenvalue weighted by Gasteiger charge is -2.08. The average molecular weight is 241 g/mol. The van der Waals surface area contributed by atoms with E-state index in [0.717, 1.165) is 25.1 Å². The molecule has 0 bridgehead atoms. The average Bonchev–Trinajstić information content (AvgIpc) is 2.40. The van der Waals surface area contributed by atoms with Crippen LogP contribution >= 0.6 is 0 Å². The molecule has 0 aliphatic heterocycles. The van der Waals surface area contributed by atoms with Crippen LogP contribution in [-0.4, -0.2) is 13.7 Å². The molecule has 2 aromatic carbocycles. The van der Waals surface area contributed by atoms with E-state index in [1.54, 1.807) is 7.11 Å². The molecular weight excluding hydrogens is 222 g/mol. The van der Waals surface area contributed by atoms with Crippen LogP contribution in [-0.2, 0) is 17.6 Å². The Hall–Kier alpha value is -1.80. The Bertz CT molecular complexity index is 494. The summed E-state index contributed by atoms with van der Waals surface area (Å²) in [6.07, 6.45) is 1.80. The maximum atomic E-state index is 6.10. The van der Waals surface area contributed by atoms with Crippen molar-refractivity contribution in [3.8, 4) is 0 Å². The molecule has 2 heteroatoms. The van der Waals surface area contributed by atoms with Crippen molar-refractivity contribution in [3.05, 3.63) is 65.2 Å². The van der Waals surface area contributed by atoms with Gasteiger partial charge in [0.25, 0.3) is 0 Å². The van der Waals surface area contributed by atoms with Crippen molar-refractivity contribution >= 4 is 5.69 Å². The van der Waals surface area contributed by atoms with E-state index in [-0.39, 0.29) is 0 Å². The van der Waals surface area contributed by atoms with E-state index in [2.05, 4.69) is 42.5 Å². The third-order valence-electron chi connectivity index (χ3n) is 3.04. The minimum absolute atomic E-state index is 0.734. The molecule has 0 spiro atoms. The van der Waals surface area contributed by atoms with Crippen LogP contribution in [0.1, 0.15) is 16.7 Å². The molecule has 2 aromatic rings. The third-order valence-corrected chi connectivity index (χ3v) is 3.04. The van der Waals surface area contributed by atoms with Gasteiger partial charge < -0.3 is 10.5 Å². The summed E-state index contributed by atoms with van der Waals surface area (Å²) in [5.74, 6) is 0. The monoisotopic (exact) mass is 241 g/mol. The van der Waals surface area contributed by atoms with Crippen LogP contribution in [0.15, 0.2) is 48.5 Å². The summed E-state index contributed by atoms with van der Waals surface area (Å²) in [6, 6.07) is 16.7. The van der Waals surface area contributed by atoms with Crippen LogP contribution in [0.25, 0.3) is 0 Å². The van der Waals surface area contributed by atoms with E-state index in [1.807, 2.05) is 6.07 Å². The van der Waals surface area contributed by atoms with Gasteiger partial charge in [0, 0.05) is 12.8 Å². The molecule has 0 aliphatic rings. The number of rotatable bonds is 5. The van der Waals surface area contributed by atoms with Crippen molar-refractivity contribution < 1.29 is 4.74 Å². The van der Waals surface area contributed by atoms with Crippen LogP contribution in [0, 0.1) is 0 Å². The number of hydrogen-bond acceptors (Lipinski definition) is 2. The summed E-state index contributed by atoms with van der Waals surface area (Å²) in [5, 5.41) is 0. The normalized spacial score (nSPS) is 10.5. The second kappa shape index (κ2) is 6.22. The Morgan fingerprint density at radius 3 is 2.44 bits per heavy atom. The Balaban J connectivity index is 2.10. The number of nitrogen functional groups attached to an aromatic ring is 1. The Kier molecular flexibility index (Phi) is 4.37. The highest BCUT2D eigenvalue weighted by Gasteiger charge is 2.02. The van der Waals surface area contributed by atoms with E-state index in [9.17, 15) is 0 Å². The van der Waals surface area contributed by atoms with Crippen molar-refractivity contribution in [1.82, 2.24) is 0 Å². The number of hydrogen-bond donors (Lipinski definition) is 1. The van der Waals surface area contributed by atoms with Crippen LogP contribution < -0.4 is 5.73 Å². The van der Waals surface area contributed by atoms with Gasteiger partial charge in [-0.2, -0.15) is 0 Å². The molecule has 0 unspecified atom stereocenters. The van der Waals surface area contributed by atoms with Crippen molar-refractivity contribution in [3.63, 3.8) is 0 Å². The highest BCUT2D eigenvalue weighted by molar-refractivity contribution is 5.51. The molecule has 94 valence electrons.